The van der Waals surface area contributed by atoms with E-state index in [0.29, 0.717) is 25.7 Å². The van der Waals surface area contributed by atoms with Crippen LogP contribution in [0.1, 0.15) is 168 Å². The second kappa shape index (κ2) is 26.9. The van der Waals surface area contributed by atoms with E-state index in [2.05, 4.69) is 31.2 Å². The van der Waals surface area contributed by atoms with E-state index >= 15 is 0 Å². The zero-order chi connectivity index (χ0) is 30.7. The molecule has 0 radical (unpaired) electrons. The molecule has 0 aliphatic carbocycles. The summed E-state index contributed by atoms with van der Waals surface area (Å²) in [6.45, 7) is 4.15. The maximum absolute atomic E-state index is 12.2. The van der Waals surface area contributed by atoms with Crippen LogP contribution in [0.2, 0.25) is 0 Å². The first-order valence-electron chi connectivity index (χ1n) is 17.5. The summed E-state index contributed by atoms with van der Waals surface area (Å²) in [5.41, 5.74) is 0.798. The van der Waals surface area contributed by atoms with Crippen molar-refractivity contribution >= 4 is 11.8 Å². The molecule has 0 aromatic heterocycles. The topological polar surface area (TPSA) is 83.8 Å². The monoisotopic (exact) mass is 588 g/mol. The molecule has 42 heavy (non-hydrogen) atoms. The van der Waals surface area contributed by atoms with Gasteiger partial charge in [0.2, 0.25) is 0 Å². The largest absolute Gasteiger partial charge is 0.455 e. The highest BCUT2D eigenvalue weighted by atomic mass is 16.5. The average molecular weight is 589 g/mol. The van der Waals surface area contributed by atoms with Gasteiger partial charge in [-0.2, -0.15) is 0 Å². The van der Waals surface area contributed by atoms with Crippen molar-refractivity contribution in [1.82, 2.24) is 0 Å². The summed E-state index contributed by atoms with van der Waals surface area (Å²) >= 11 is 0. The maximum atomic E-state index is 12.2. The molecule has 2 N–H and O–H groups in total. The van der Waals surface area contributed by atoms with E-state index < -0.39 is 12.2 Å². The Morgan fingerprint density at radius 1 is 0.714 bits per heavy atom. The molecule has 0 amide bonds. The number of aliphatic hydroxyl groups excluding tert-OH is 2. The number of esters is 1. The Kier molecular flexibility index (Phi) is 24.5. The van der Waals surface area contributed by atoms with Crippen LogP contribution in [0.3, 0.4) is 0 Å². The lowest BCUT2D eigenvalue weighted by Gasteiger charge is -2.16. The SMILES string of the molecule is CCCCCCCCCCCC/C=C\CC/C=C\CCC(O)C(O)CCC(=O)CCCCCCCC1=CC(C)OC1=O. The van der Waals surface area contributed by atoms with Gasteiger partial charge in [0, 0.05) is 18.4 Å². The number of allylic oxidation sites excluding steroid dienone is 4. The smallest absolute Gasteiger partial charge is 0.334 e. The van der Waals surface area contributed by atoms with Crippen molar-refractivity contribution in [3.05, 3.63) is 36.0 Å². The Labute approximate surface area is 258 Å². The number of ether oxygens (including phenoxy) is 1. The number of Topliss-reactive ketones (excluding diaryl/α,β-unsaturated/α-hetero) is 1. The Balaban J connectivity index is 1.90. The van der Waals surface area contributed by atoms with E-state index in [1.54, 1.807) is 0 Å². The van der Waals surface area contributed by atoms with Crippen LogP contribution in [0.15, 0.2) is 36.0 Å². The lowest BCUT2D eigenvalue weighted by atomic mass is 10.00. The molecule has 5 nitrogen and oxygen atoms in total. The molecule has 3 atom stereocenters. The van der Waals surface area contributed by atoms with Crippen molar-refractivity contribution in [3.8, 4) is 0 Å². The highest BCUT2D eigenvalue weighted by Crippen LogP contribution is 2.20. The van der Waals surface area contributed by atoms with Crippen LogP contribution >= 0.6 is 0 Å². The summed E-state index contributed by atoms with van der Waals surface area (Å²) in [5.74, 6) is -0.0138. The highest BCUT2D eigenvalue weighted by molar-refractivity contribution is 5.90. The Morgan fingerprint density at radius 3 is 1.86 bits per heavy atom. The molecule has 1 heterocycles. The number of ketones is 1. The van der Waals surface area contributed by atoms with E-state index in [4.69, 9.17) is 4.74 Å². The molecule has 0 aromatic carbocycles. The number of rotatable bonds is 29. The minimum absolute atomic E-state index is 0.0959. The van der Waals surface area contributed by atoms with Crippen LogP contribution in [0.25, 0.3) is 0 Å². The maximum Gasteiger partial charge on any atom is 0.334 e. The van der Waals surface area contributed by atoms with E-state index in [9.17, 15) is 19.8 Å². The fourth-order valence-electron chi connectivity index (χ4n) is 5.48. The predicted molar refractivity (Wildman–Crippen MR) is 175 cm³/mol. The minimum atomic E-state index is -0.838. The molecule has 0 aromatic rings. The van der Waals surface area contributed by atoms with Crippen LogP contribution in [-0.2, 0) is 14.3 Å². The lowest BCUT2D eigenvalue weighted by Crippen LogP contribution is -2.26. The first-order chi connectivity index (χ1) is 20.4. The van der Waals surface area contributed by atoms with Gasteiger partial charge >= 0.3 is 5.97 Å². The van der Waals surface area contributed by atoms with Crippen molar-refractivity contribution < 1.29 is 24.5 Å². The van der Waals surface area contributed by atoms with Crippen LogP contribution < -0.4 is 0 Å². The highest BCUT2D eigenvalue weighted by Gasteiger charge is 2.21. The average Bonchev–Trinajstić information content (AvgIpc) is 3.30. The number of hydrogen-bond acceptors (Lipinski definition) is 5. The molecule has 0 saturated heterocycles. The van der Waals surface area contributed by atoms with E-state index in [1.165, 1.54) is 70.6 Å². The molecule has 0 saturated carbocycles. The number of carbonyl (C=O) groups excluding carboxylic acids is 2. The third-order valence-corrected chi connectivity index (χ3v) is 8.24. The van der Waals surface area contributed by atoms with Crippen molar-refractivity contribution in [2.45, 2.75) is 186 Å². The summed E-state index contributed by atoms with van der Waals surface area (Å²) in [6, 6.07) is 0. The van der Waals surface area contributed by atoms with Gasteiger partial charge in [-0.1, -0.05) is 108 Å². The van der Waals surface area contributed by atoms with Gasteiger partial charge in [-0.15, -0.1) is 0 Å². The zero-order valence-corrected chi connectivity index (χ0v) is 27.2. The second-order valence-corrected chi connectivity index (χ2v) is 12.4. The zero-order valence-electron chi connectivity index (χ0n) is 27.2. The molecule has 0 fully saturated rings. The fraction of sp³-hybridized carbons (Fsp3) is 0.784. The van der Waals surface area contributed by atoms with Crippen LogP contribution in [-0.4, -0.2) is 40.3 Å². The van der Waals surface area contributed by atoms with Crippen LogP contribution in [0.4, 0.5) is 0 Å². The van der Waals surface area contributed by atoms with Gasteiger partial charge in [-0.05, 0) is 77.2 Å². The minimum Gasteiger partial charge on any atom is -0.455 e. The first kappa shape index (κ1) is 38.3. The standard InChI is InChI=1S/C37H64O5/c1-3-4-5-6-7-8-9-10-11-12-13-14-15-16-17-18-22-25-28-35(39)36(40)30-29-34(38)27-24-21-19-20-23-26-33-31-32(2)42-37(33)41/h14-15,18,22,31-32,35-36,39-40H,3-13,16-17,19-21,23-30H2,1-2H3/b15-14-,22-18-. The van der Waals surface area contributed by atoms with E-state index in [0.717, 1.165) is 63.4 Å². The van der Waals surface area contributed by atoms with Crippen molar-refractivity contribution in [2.24, 2.45) is 0 Å². The van der Waals surface area contributed by atoms with Crippen LogP contribution in [0.5, 0.6) is 0 Å². The lowest BCUT2D eigenvalue weighted by molar-refractivity contribution is -0.139. The molecule has 1 aliphatic rings. The van der Waals surface area contributed by atoms with Gasteiger partial charge in [0.1, 0.15) is 11.9 Å². The first-order valence-corrected chi connectivity index (χ1v) is 17.5. The number of carbonyl (C=O) groups is 2. The quantitative estimate of drug-likeness (QED) is 0.0516. The van der Waals surface area contributed by atoms with E-state index in [1.807, 2.05) is 13.0 Å². The number of hydrogen-bond donors (Lipinski definition) is 2. The molecule has 5 heteroatoms. The number of cyclic esters (lactones) is 1. The van der Waals surface area contributed by atoms with Gasteiger partial charge in [0.25, 0.3) is 0 Å². The summed E-state index contributed by atoms with van der Waals surface area (Å²) in [6.07, 6.45) is 34.2. The number of unbranched alkanes of at least 4 members (excludes halogenated alkanes) is 15. The molecule has 3 unspecified atom stereocenters. The summed E-state index contributed by atoms with van der Waals surface area (Å²) in [5, 5.41) is 20.5. The Morgan fingerprint density at radius 2 is 1.24 bits per heavy atom. The summed E-state index contributed by atoms with van der Waals surface area (Å²) < 4.78 is 5.11. The van der Waals surface area contributed by atoms with Crippen molar-refractivity contribution in [3.63, 3.8) is 0 Å². The molecular weight excluding hydrogens is 524 g/mol. The number of aliphatic hydroxyl groups is 2. The normalized spacial score (nSPS) is 16.8. The third kappa shape index (κ3) is 21.9. The molecule has 0 spiro atoms. The van der Waals surface area contributed by atoms with Crippen molar-refractivity contribution in [2.75, 3.05) is 0 Å². The Hall–Kier alpha value is -1.72. The van der Waals surface area contributed by atoms with Crippen molar-refractivity contribution in [1.29, 1.82) is 0 Å². The van der Waals surface area contributed by atoms with Gasteiger partial charge in [0.15, 0.2) is 0 Å². The summed E-state index contributed by atoms with van der Waals surface area (Å²) in [4.78, 5) is 23.8. The van der Waals surface area contributed by atoms with Gasteiger partial charge < -0.3 is 14.9 Å². The third-order valence-electron chi connectivity index (χ3n) is 8.24. The molecule has 242 valence electrons. The van der Waals surface area contributed by atoms with E-state index in [-0.39, 0.29) is 17.9 Å². The summed E-state index contributed by atoms with van der Waals surface area (Å²) in [7, 11) is 0. The molecule has 1 aliphatic heterocycles. The van der Waals surface area contributed by atoms with Gasteiger partial charge in [0.05, 0.1) is 12.2 Å². The van der Waals surface area contributed by atoms with Gasteiger partial charge in [-0.3, -0.25) is 4.79 Å². The Bertz CT molecular complexity index is 768. The second-order valence-electron chi connectivity index (χ2n) is 12.4. The van der Waals surface area contributed by atoms with Crippen LogP contribution in [0, 0.1) is 0 Å². The fourth-order valence-corrected chi connectivity index (χ4v) is 5.48. The van der Waals surface area contributed by atoms with Gasteiger partial charge in [-0.25, -0.2) is 4.79 Å². The predicted octanol–water partition coefficient (Wildman–Crippen LogP) is 9.64. The molecule has 1 rings (SSSR count). The molecular formula is C37H64O5. The molecule has 0 bridgehead atoms.